The van der Waals surface area contributed by atoms with Gasteiger partial charge in [0.25, 0.3) is 11.6 Å². The summed E-state index contributed by atoms with van der Waals surface area (Å²) in [5.41, 5.74) is 1.51. The second-order valence-electron chi connectivity index (χ2n) is 4.36. The van der Waals surface area contributed by atoms with Crippen LogP contribution in [0.3, 0.4) is 0 Å². The van der Waals surface area contributed by atoms with E-state index in [2.05, 4.69) is 5.32 Å². The SMILES string of the molecule is Cc1ccc(Cl)cc1NC(=O)c1cc([N+](=O)[O-])cn1C. The number of nitro groups is 1. The van der Waals surface area contributed by atoms with Gasteiger partial charge in [-0.1, -0.05) is 17.7 Å². The van der Waals surface area contributed by atoms with Gasteiger partial charge in [0.05, 0.1) is 11.1 Å². The molecule has 0 spiro atoms. The number of amides is 1. The molecule has 2 aromatic rings. The fourth-order valence-electron chi connectivity index (χ4n) is 1.79. The Morgan fingerprint density at radius 3 is 2.70 bits per heavy atom. The van der Waals surface area contributed by atoms with Gasteiger partial charge in [0.1, 0.15) is 5.69 Å². The molecule has 7 heteroatoms. The van der Waals surface area contributed by atoms with Gasteiger partial charge < -0.3 is 9.88 Å². The summed E-state index contributed by atoms with van der Waals surface area (Å²) in [4.78, 5) is 22.3. The van der Waals surface area contributed by atoms with E-state index < -0.39 is 10.8 Å². The Labute approximate surface area is 120 Å². The molecule has 1 heterocycles. The highest BCUT2D eigenvalue weighted by atomic mass is 35.5. The van der Waals surface area contributed by atoms with E-state index in [1.807, 2.05) is 6.92 Å². The van der Waals surface area contributed by atoms with Crippen LogP contribution in [-0.2, 0) is 7.05 Å². The molecule has 2 rings (SSSR count). The summed E-state index contributed by atoms with van der Waals surface area (Å²) in [5, 5.41) is 13.9. The number of carbonyl (C=O) groups is 1. The Bertz CT molecular complexity index is 694. The van der Waals surface area contributed by atoms with Crippen molar-refractivity contribution in [1.82, 2.24) is 4.57 Å². The topological polar surface area (TPSA) is 77.2 Å². The number of carbonyl (C=O) groups excluding carboxylic acids is 1. The molecule has 0 aliphatic heterocycles. The predicted molar refractivity (Wildman–Crippen MR) is 76.2 cm³/mol. The third-order valence-electron chi connectivity index (χ3n) is 2.88. The van der Waals surface area contributed by atoms with E-state index in [1.165, 1.54) is 16.8 Å². The number of benzene rings is 1. The van der Waals surface area contributed by atoms with E-state index in [1.54, 1.807) is 25.2 Å². The van der Waals surface area contributed by atoms with E-state index >= 15 is 0 Å². The standard InChI is InChI=1S/C13H12ClN3O3/c1-8-3-4-9(14)5-11(8)15-13(18)12-6-10(17(19)20)7-16(12)2/h3-7H,1-2H3,(H,15,18). The number of nitrogens with zero attached hydrogens (tertiary/aromatic N) is 2. The maximum Gasteiger partial charge on any atom is 0.287 e. The van der Waals surface area contributed by atoms with Gasteiger partial charge in [0.2, 0.25) is 0 Å². The van der Waals surface area contributed by atoms with E-state index in [-0.39, 0.29) is 11.4 Å². The first-order chi connectivity index (χ1) is 9.38. The van der Waals surface area contributed by atoms with Crippen LogP contribution in [0.25, 0.3) is 0 Å². The third-order valence-corrected chi connectivity index (χ3v) is 3.12. The van der Waals surface area contributed by atoms with Crippen LogP contribution in [0.15, 0.2) is 30.5 Å². The Morgan fingerprint density at radius 1 is 1.40 bits per heavy atom. The molecule has 104 valence electrons. The minimum absolute atomic E-state index is 0.125. The molecule has 0 aliphatic rings. The summed E-state index contributed by atoms with van der Waals surface area (Å²) in [6.45, 7) is 1.83. The first-order valence-electron chi connectivity index (χ1n) is 5.76. The Kier molecular flexibility index (Phi) is 3.76. The highest BCUT2D eigenvalue weighted by Crippen LogP contribution is 2.22. The molecular formula is C13H12ClN3O3. The van der Waals surface area contributed by atoms with Crippen LogP contribution >= 0.6 is 11.6 Å². The quantitative estimate of drug-likeness (QED) is 0.697. The van der Waals surface area contributed by atoms with Crippen LogP contribution in [0.2, 0.25) is 5.02 Å². The lowest BCUT2D eigenvalue weighted by Crippen LogP contribution is -2.15. The average Bonchev–Trinajstić information content (AvgIpc) is 2.76. The second-order valence-corrected chi connectivity index (χ2v) is 4.80. The van der Waals surface area contributed by atoms with Crippen molar-refractivity contribution in [2.75, 3.05) is 5.32 Å². The number of nitrogens with one attached hydrogen (secondary N) is 1. The monoisotopic (exact) mass is 293 g/mol. The lowest BCUT2D eigenvalue weighted by atomic mass is 10.2. The number of anilines is 1. The van der Waals surface area contributed by atoms with Gasteiger partial charge in [0.15, 0.2) is 0 Å². The normalized spacial score (nSPS) is 10.3. The summed E-state index contributed by atoms with van der Waals surface area (Å²) in [7, 11) is 1.58. The van der Waals surface area contributed by atoms with Crippen molar-refractivity contribution in [3.05, 3.63) is 56.9 Å². The van der Waals surface area contributed by atoms with E-state index in [0.717, 1.165) is 5.56 Å². The van der Waals surface area contributed by atoms with Crippen molar-refractivity contribution in [3.8, 4) is 0 Å². The molecule has 0 fully saturated rings. The zero-order chi connectivity index (χ0) is 14.9. The molecule has 0 unspecified atom stereocenters. The summed E-state index contributed by atoms with van der Waals surface area (Å²) in [6, 6.07) is 6.37. The summed E-state index contributed by atoms with van der Waals surface area (Å²) in [5.74, 6) is -0.425. The minimum atomic E-state index is -0.540. The highest BCUT2D eigenvalue weighted by molar-refractivity contribution is 6.31. The van der Waals surface area contributed by atoms with Gasteiger partial charge in [-0.3, -0.25) is 14.9 Å². The zero-order valence-corrected chi connectivity index (χ0v) is 11.6. The van der Waals surface area contributed by atoms with Crippen molar-refractivity contribution in [2.45, 2.75) is 6.92 Å². The molecule has 0 atom stereocenters. The Morgan fingerprint density at radius 2 is 2.10 bits per heavy atom. The van der Waals surface area contributed by atoms with Crippen molar-refractivity contribution in [3.63, 3.8) is 0 Å². The fraction of sp³-hybridized carbons (Fsp3) is 0.154. The fourth-order valence-corrected chi connectivity index (χ4v) is 1.96. The molecule has 1 N–H and O–H groups in total. The molecule has 6 nitrogen and oxygen atoms in total. The average molecular weight is 294 g/mol. The molecule has 0 bridgehead atoms. The lowest BCUT2D eigenvalue weighted by Gasteiger charge is -2.09. The number of rotatable bonds is 3. The van der Waals surface area contributed by atoms with Gasteiger partial charge in [-0.25, -0.2) is 0 Å². The maximum absolute atomic E-state index is 12.1. The lowest BCUT2D eigenvalue weighted by molar-refractivity contribution is -0.384. The number of aryl methyl sites for hydroxylation is 2. The van der Waals surface area contributed by atoms with E-state index in [4.69, 9.17) is 11.6 Å². The maximum atomic E-state index is 12.1. The van der Waals surface area contributed by atoms with Crippen molar-refractivity contribution >= 4 is 28.9 Å². The van der Waals surface area contributed by atoms with Gasteiger partial charge in [-0.2, -0.15) is 0 Å². The van der Waals surface area contributed by atoms with Crippen LogP contribution in [0, 0.1) is 17.0 Å². The molecule has 0 saturated carbocycles. The van der Waals surface area contributed by atoms with Crippen molar-refractivity contribution < 1.29 is 9.72 Å². The highest BCUT2D eigenvalue weighted by Gasteiger charge is 2.18. The molecule has 1 aromatic heterocycles. The number of hydrogen-bond acceptors (Lipinski definition) is 3. The van der Waals surface area contributed by atoms with Gasteiger partial charge in [-0.05, 0) is 24.6 Å². The van der Waals surface area contributed by atoms with Gasteiger partial charge in [-0.15, -0.1) is 0 Å². The second kappa shape index (κ2) is 5.34. The summed E-state index contributed by atoms with van der Waals surface area (Å²) >= 11 is 5.88. The Hall–Kier alpha value is -2.34. The third kappa shape index (κ3) is 2.80. The molecule has 1 aromatic carbocycles. The van der Waals surface area contributed by atoms with Crippen molar-refractivity contribution in [1.29, 1.82) is 0 Å². The first-order valence-corrected chi connectivity index (χ1v) is 6.14. The molecular weight excluding hydrogens is 282 g/mol. The van der Waals surface area contributed by atoms with Gasteiger partial charge in [0, 0.05) is 23.8 Å². The smallest absolute Gasteiger partial charge is 0.287 e. The molecule has 20 heavy (non-hydrogen) atoms. The molecule has 0 saturated heterocycles. The largest absolute Gasteiger partial charge is 0.340 e. The van der Waals surface area contributed by atoms with Crippen LogP contribution < -0.4 is 5.32 Å². The zero-order valence-electron chi connectivity index (χ0n) is 10.9. The summed E-state index contributed by atoms with van der Waals surface area (Å²) < 4.78 is 1.41. The van der Waals surface area contributed by atoms with Crippen molar-refractivity contribution in [2.24, 2.45) is 7.05 Å². The minimum Gasteiger partial charge on any atom is -0.340 e. The molecule has 1 amide bonds. The van der Waals surface area contributed by atoms with Crippen LogP contribution in [0.4, 0.5) is 11.4 Å². The number of hydrogen-bond donors (Lipinski definition) is 1. The summed E-state index contributed by atoms with van der Waals surface area (Å²) in [6.07, 6.45) is 1.29. The Balaban J connectivity index is 2.28. The van der Waals surface area contributed by atoms with E-state index in [0.29, 0.717) is 10.7 Å². The number of aromatic nitrogens is 1. The van der Waals surface area contributed by atoms with E-state index in [9.17, 15) is 14.9 Å². The predicted octanol–water partition coefficient (Wildman–Crippen LogP) is 3.15. The van der Waals surface area contributed by atoms with Crippen LogP contribution in [0.5, 0.6) is 0 Å². The van der Waals surface area contributed by atoms with Gasteiger partial charge >= 0.3 is 0 Å². The molecule has 0 aliphatic carbocycles. The first kappa shape index (κ1) is 14.1. The van der Waals surface area contributed by atoms with Crippen LogP contribution in [-0.4, -0.2) is 15.4 Å². The molecule has 0 radical (unpaired) electrons. The van der Waals surface area contributed by atoms with Crippen LogP contribution in [0.1, 0.15) is 16.1 Å². The number of halogens is 1.